The van der Waals surface area contributed by atoms with E-state index in [0.717, 1.165) is 37.7 Å². The second kappa shape index (κ2) is 6.44. The number of amides is 1. The van der Waals surface area contributed by atoms with Gasteiger partial charge in [0.2, 0.25) is 5.91 Å². The molecule has 0 aromatic heterocycles. The van der Waals surface area contributed by atoms with E-state index in [1.165, 1.54) is 0 Å². The van der Waals surface area contributed by atoms with Crippen molar-refractivity contribution in [1.82, 2.24) is 10.6 Å². The molecule has 2 heterocycles. The van der Waals surface area contributed by atoms with Crippen molar-refractivity contribution in [3.05, 3.63) is 0 Å². The minimum atomic E-state index is -0.139. The average molecular weight is 246 g/mol. The number of hydrogen-bond acceptors (Lipinski definition) is 5. The highest BCUT2D eigenvalue weighted by Crippen LogP contribution is 2.10. The number of nitrogens with one attached hydrogen (secondary N) is 2. The molecule has 0 spiro atoms. The van der Waals surface area contributed by atoms with Gasteiger partial charge in [0.1, 0.15) is 0 Å². The molecule has 0 radical (unpaired) electrons. The van der Waals surface area contributed by atoms with Crippen molar-refractivity contribution in [3.63, 3.8) is 0 Å². The van der Waals surface area contributed by atoms with Gasteiger partial charge in [-0.2, -0.15) is 0 Å². The van der Waals surface area contributed by atoms with E-state index in [-0.39, 0.29) is 18.2 Å². The summed E-state index contributed by atoms with van der Waals surface area (Å²) in [6, 6.07) is -0.0295. The lowest BCUT2D eigenvalue weighted by atomic mass is 10.3. The van der Waals surface area contributed by atoms with Gasteiger partial charge in [-0.25, -0.2) is 0 Å². The third kappa shape index (κ3) is 3.62. The Hall–Kier alpha value is -0.300. The van der Waals surface area contributed by atoms with Crippen LogP contribution in [0.25, 0.3) is 0 Å². The van der Waals surface area contributed by atoms with Gasteiger partial charge < -0.3 is 14.8 Å². The highest BCUT2D eigenvalue weighted by Gasteiger charge is 2.22. The molecule has 2 saturated heterocycles. The molecule has 1 unspecified atom stereocenters. The molecule has 0 aromatic carbocycles. The second-order valence-corrected chi connectivity index (χ2v) is 4.91. The molecule has 2 fully saturated rings. The first-order valence-corrected chi connectivity index (χ1v) is 6.84. The Balaban J connectivity index is 1.57. The molecular weight excluding hydrogens is 228 g/mol. The summed E-state index contributed by atoms with van der Waals surface area (Å²) < 4.78 is 10.8. The van der Waals surface area contributed by atoms with Gasteiger partial charge in [-0.3, -0.25) is 10.1 Å². The van der Waals surface area contributed by atoms with Crippen LogP contribution >= 0.6 is 11.8 Å². The number of ether oxygens (including phenoxy) is 2. The first-order chi connectivity index (χ1) is 7.86. The topological polar surface area (TPSA) is 59.6 Å². The lowest BCUT2D eigenvalue weighted by Gasteiger charge is -2.23. The van der Waals surface area contributed by atoms with Crippen LogP contribution in [0.1, 0.15) is 12.8 Å². The van der Waals surface area contributed by atoms with E-state index in [1.807, 2.05) is 0 Å². The maximum absolute atomic E-state index is 11.6. The molecule has 0 bridgehead atoms. The van der Waals surface area contributed by atoms with Crippen LogP contribution < -0.4 is 10.6 Å². The van der Waals surface area contributed by atoms with E-state index in [1.54, 1.807) is 11.8 Å². The third-order valence-corrected chi connectivity index (χ3v) is 3.55. The molecule has 0 aromatic rings. The van der Waals surface area contributed by atoms with Crippen LogP contribution in [0.3, 0.4) is 0 Å². The first kappa shape index (κ1) is 12.2. The summed E-state index contributed by atoms with van der Waals surface area (Å²) in [6.45, 7) is 2.14. The molecule has 2 aliphatic heterocycles. The average Bonchev–Trinajstić information content (AvgIpc) is 2.84. The van der Waals surface area contributed by atoms with E-state index < -0.39 is 0 Å². The fourth-order valence-electron chi connectivity index (χ4n) is 1.70. The minimum Gasteiger partial charge on any atom is -0.355 e. The van der Waals surface area contributed by atoms with E-state index in [0.29, 0.717) is 6.54 Å². The van der Waals surface area contributed by atoms with E-state index in [4.69, 9.17) is 9.47 Å². The predicted molar refractivity (Wildman–Crippen MR) is 62.2 cm³/mol. The SMILES string of the molecule is O=C(NCCC1OCCCO1)C1CSCN1. The van der Waals surface area contributed by atoms with Gasteiger partial charge in [-0.15, -0.1) is 11.8 Å². The zero-order valence-electron chi connectivity index (χ0n) is 9.24. The first-order valence-electron chi connectivity index (χ1n) is 5.68. The molecule has 6 heteroatoms. The van der Waals surface area contributed by atoms with Crippen LogP contribution in [0.2, 0.25) is 0 Å². The number of carbonyl (C=O) groups is 1. The zero-order chi connectivity index (χ0) is 11.2. The molecule has 16 heavy (non-hydrogen) atoms. The Morgan fingerprint density at radius 2 is 2.25 bits per heavy atom. The fourth-order valence-corrected chi connectivity index (χ4v) is 2.65. The Morgan fingerprint density at radius 1 is 1.44 bits per heavy atom. The highest BCUT2D eigenvalue weighted by molar-refractivity contribution is 7.99. The normalized spacial score (nSPS) is 26.9. The van der Waals surface area contributed by atoms with Crippen LogP contribution in [0.5, 0.6) is 0 Å². The molecule has 2 rings (SSSR count). The van der Waals surface area contributed by atoms with E-state index >= 15 is 0 Å². The maximum atomic E-state index is 11.6. The summed E-state index contributed by atoms with van der Waals surface area (Å²) in [5.41, 5.74) is 0. The Labute approximate surface area is 99.6 Å². The molecule has 0 saturated carbocycles. The lowest BCUT2D eigenvalue weighted by Crippen LogP contribution is -2.43. The largest absolute Gasteiger partial charge is 0.355 e. The number of rotatable bonds is 4. The molecule has 5 nitrogen and oxygen atoms in total. The van der Waals surface area contributed by atoms with Crippen molar-refractivity contribution in [2.45, 2.75) is 25.2 Å². The van der Waals surface area contributed by atoms with Crippen molar-refractivity contribution in [2.24, 2.45) is 0 Å². The summed E-state index contributed by atoms with van der Waals surface area (Å²) in [5, 5.41) is 6.03. The summed E-state index contributed by atoms with van der Waals surface area (Å²) in [5.74, 6) is 1.82. The van der Waals surface area contributed by atoms with Crippen molar-refractivity contribution < 1.29 is 14.3 Å². The predicted octanol–water partition coefficient (Wildman–Crippen LogP) is -0.0818. The molecule has 2 aliphatic rings. The van der Waals surface area contributed by atoms with Gasteiger partial charge in [-0.05, 0) is 6.42 Å². The Bertz CT molecular complexity index is 228. The molecule has 0 aliphatic carbocycles. The monoisotopic (exact) mass is 246 g/mol. The molecule has 1 amide bonds. The summed E-state index contributed by atoms with van der Waals surface area (Å²) in [7, 11) is 0. The van der Waals surface area contributed by atoms with Gasteiger partial charge >= 0.3 is 0 Å². The van der Waals surface area contributed by atoms with Crippen LogP contribution in [-0.4, -0.2) is 49.6 Å². The second-order valence-electron chi connectivity index (χ2n) is 3.88. The molecular formula is C10H18N2O3S. The van der Waals surface area contributed by atoms with E-state index in [9.17, 15) is 4.79 Å². The van der Waals surface area contributed by atoms with E-state index in [2.05, 4.69) is 10.6 Å². The number of hydrogen-bond donors (Lipinski definition) is 2. The summed E-state index contributed by atoms with van der Waals surface area (Å²) in [6.07, 6.45) is 1.55. The van der Waals surface area contributed by atoms with Crippen LogP contribution in [0, 0.1) is 0 Å². The highest BCUT2D eigenvalue weighted by atomic mass is 32.2. The maximum Gasteiger partial charge on any atom is 0.238 e. The van der Waals surface area contributed by atoms with Crippen LogP contribution in [-0.2, 0) is 14.3 Å². The van der Waals surface area contributed by atoms with Gasteiger partial charge in [-0.1, -0.05) is 0 Å². The van der Waals surface area contributed by atoms with Crippen molar-refractivity contribution >= 4 is 17.7 Å². The Kier molecular flexibility index (Phi) is 4.90. The quantitative estimate of drug-likeness (QED) is 0.726. The Morgan fingerprint density at radius 3 is 2.94 bits per heavy atom. The number of carbonyl (C=O) groups excluding carboxylic acids is 1. The summed E-state index contributed by atoms with van der Waals surface area (Å²) in [4.78, 5) is 11.6. The molecule has 92 valence electrons. The van der Waals surface area contributed by atoms with Crippen LogP contribution in [0.4, 0.5) is 0 Å². The zero-order valence-corrected chi connectivity index (χ0v) is 10.1. The summed E-state index contributed by atoms with van der Waals surface area (Å²) >= 11 is 1.75. The number of thioether (sulfide) groups is 1. The van der Waals surface area contributed by atoms with Gasteiger partial charge in [0.15, 0.2) is 6.29 Å². The smallest absolute Gasteiger partial charge is 0.238 e. The van der Waals surface area contributed by atoms with Crippen molar-refractivity contribution in [3.8, 4) is 0 Å². The fraction of sp³-hybridized carbons (Fsp3) is 0.900. The van der Waals surface area contributed by atoms with Gasteiger partial charge in [0.05, 0.1) is 19.3 Å². The van der Waals surface area contributed by atoms with Crippen molar-refractivity contribution in [1.29, 1.82) is 0 Å². The van der Waals surface area contributed by atoms with Gasteiger partial charge in [0, 0.05) is 24.6 Å². The lowest BCUT2D eigenvalue weighted by molar-refractivity contribution is -0.180. The van der Waals surface area contributed by atoms with Crippen molar-refractivity contribution in [2.75, 3.05) is 31.4 Å². The van der Waals surface area contributed by atoms with Gasteiger partial charge in [0.25, 0.3) is 0 Å². The van der Waals surface area contributed by atoms with Crippen LogP contribution in [0.15, 0.2) is 0 Å². The molecule has 2 N–H and O–H groups in total. The minimum absolute atomic E-state index is 0.0295. The third-order valence-electron chi connectivity index (χ3n) is 2.61. The standard InChI is InChI=1S/C10H18N2O3S/c13-10(8-6-16-7-12-8)11-3-2-9-14-4-1-5-15-9/h8-9,12H,1-7H2,(H,11,13). The molecule has 1 atom stereocenters.